The highest BCUT2D eigenvalue weighted by atomic mass is 16.5. The Morgan fingerprint density at radius 2 is 1.74 bits per heavy atom. The molecule has 0 fully saturated rings. The Kier molecular flexibility index (Phi) is 7.93. The molecule has 0 aliphatic rings. The van der Waals surface area contributed by atoms with Crippen molar-refractivity contribution in [1.82, 2.24) is 0 Å². The van der Waals surface area contributed by atoms with Crippen LogP contribution in [0.15, 0.2) is 42.5 Å². The molecule has 0 saturated heterocycles. The van der Waals surface area contributed by atoms with Crippen LogP contribution >= 0.6 is 0 Å². The van der Waals surface area contributed by atoms with Crippen LogP contribution in [0.4, 0.5) is 0 Å². The molecular formula is C23H28O4. The van der Waals surface area contributed by atoms with E-state index in [0.29, 0.717) is 17.9 Å². The van der Waals surface area contributed by atoms with E-state index in [0.717, 1.165) is 41.9 Å². The van der Waals surface area contributed by atoms with Gasteiger partial charge in [0.2, 0.25) is 0 Å². The van der Waals surface area contributed by atoms with Gasteiger partial charge in [-0.3, -0.25) is 4.79 Å². The number of allylic oxidation sites excluding steroid dienone is 1. The van der Waals surface area contributed by atoms with Crippen molar-refractivity contribution in [3.8, 4) is 17.2 Å². The second-order valence-electron chi connectivity index (χ2n) is 6.24. The Morgan fingerprint density at radius 1 is 1.00 bits per heavy atom. The molecule has 0 bridgehead atoms. The summed E-state index contributed by atoms with van der Waals surface area (Å²) in [6.45, 7) is 4.85. The summed E-state index contributed by atoms with van der Waals surface area (Å²) in [5.74, 6) is 2.16. The first-order valence-electron chi connectivity index (χ1n) is 9.33. The fourth-order valence-electron chi connectivity index (χ4n) is 2.82. The van der Waals surface area contributed by atoms with E-state index in [2.05, 4.69) is 13.8 Å². The summed E-state index contributed by atoms with van der Waals surface area (Å²) in [4.78, 5) is 12.4. The molecule has 0 atom stereocenters. The van der Waals surface area contributed by atoms with E-state index in [-0.39, 0.29) is 5.78 Å². The normalized spacial score (nSPS) is 10.8. The first-order valence-corrected chi connectivity index (χ1v) is 9.33. The van der Waals surface area contributed by atoms with Gasteiger partial charge in [0.25, 0.3) is 0 Å². The average Bonchev–Trinajstić information content (AvgIpc) is 2.70. The maximum Gasteiger partial charge on any atom is 0.185 e. The SMILES string of the molecule is CCCOc1ccc(C(=O)/C=C/c2cc(CCC)c(OC)c(OC)c2)cc1. The Hall–Kier alpha value is -2.75. The van der Waals surface area contributed by atoms with Gasteiger partial charge in [-0.15, -0.1) is 0 Å². The lowest BCUT2D eigenvalue weighted by molar-refractivity contribution is 0.104. The molecule has 2 rings (SSSR count). The zero-order valence-corrected chi connectivity index (χ0v) is 16.6. The Bertz CT molecular complexity index is 776. The van der Waals surface area contributed by atoms with Crippen molar-refractivity contribution in [3.05, 3.63) is 59.2 Å². The lowest BCUT2D eigenvalue weighted by Gasteiger charge is -2.13. The number of carbonyl (C=O) groups is 1. The molecule has 0 radical (unpaired) electrons. The van der Waals surface area contributed by atoms with Gasteiger partial charge in [0.15, 0.2) is 17.3 Å². The molecule has 0 N–H and O–H groups in total. The van der Waals surface area contributed by atoms with Crippen molar-refractivity contribution in [2.24, 2.45) is 0 Å². The van der Waals surface area contributed by atoms with E-state index in [1.807, 2.05) is 30.3 Å². The van der Waals surface area contributed by atoms with E-state index < -0.39 is 0 Å². The van der Waals surface area contributed by atoms with Gasteiger partial charge in [-0.25, -0.2) is 0 Å². The minimum atomic E-state index is -0.0520. The first kappa shape index (κ1) is 20.6. The predicted molar refractivity (Wildman–Crippen MR) is 109 cm³/mol. The van der Waals surface area contributed by atoms with Crippen LogP contribution in [-0.4, -0.2) is 26.6 Å². The van der Waals surface area contributed by atoms with Gasteiger partial charge in [0.05, 0.1) is 20.8 Å². The van der Waals surface area contributed by atoms with E-state index >= 15 is 0 Å². The van der Waals surface area contributed by atoms with Gasteiger partial charge < -0.3 is 14.2 Å². The molecule has 4 heteroatoms. The smallest absolute Gasteiger partial charge is 0.185 e. The molecule has 0 aliphatic heterocycles. The van der Waals surface area contributed by atoms with Crippen molar-refractivity contribution < 1.29 is 19.0 Å². The molecule has 0 saturated carbocycles. The van der Waals surface area contributed by atoms with E-state index in [1.54, 1.807) is 32.4 Å². The third-order valence-corrected chi connectivity index (χ3v) is 4.14. The molecule has 0 spiro atoms. The highest BCUT2D eigenvalue weighted by Gasteiger charge is 2.11. The van der Waals surface area contributed by atoms with Crippen molar-refractivity contribution in [2.45, 2.75) is 33.1 Å². The summed E-state index contributed by atoms with van der Waals surface area (Å²) >= 11 is 0. The molecule has 27 heavy (non-hydrogen) atoms. The number of aryl methyl sites for hydroxylation is 1. The molecule has 0 aromatic heterocycles. The number of ether oxygens (including phenoxy) is 3. The Morgan fingerprint density at radius 3 is 2.33 bits per heavy atom. The van der Waals surface area contributed by atoms with Crippen LogP contribution < -0.4 is 14.2 Å². The lowest BCUT2D eigenvalue weighted by Crippen LogP contribution is -1.98. The van der Waals surface area contributed by atoms with Gasteiger partial charge >= 0.3 is 0 Å². The molecule has 0 aliphatic carbocycles. The largest absolute Gasteiger partial charge is 0.494 e. The standard InChI is InChI=1S/C23H28O4/c1-5-7-19-15-17(16-22(25-3)23(19)26-4)8-13-21(24)18-9-11-20(12-10-18)27-14-6-2/h8-13,15-16H,5-7,14H2,1-4H3/b13-8+. The van der Waals surface area contributed by atoms with Crippen LogP contribution in [0.25, 0.3) is 6.08 Å². The van der Waals surface area contributed by atoms with Crippen LogP contribution in [0.3, 0.4) is 0 Å². The fraction of sp³-hybridized carbons (Fsp3) is 0.348. The minimum absolute atomic E-state index is 0.0520. The first-order chi connectivity index (χ1) is 13.1. The van der Waals surface area contributed by atoms with Gasteiger partial charge in [0, 0.05) is 5.56 Å². The molecular weight excluding hydrogens is 340 g/mol. The summed E-state index contributed by atoms with van der Waals surface area (Å²) in [7, 11) is 3.26. The zero-order valence-electron chi connectivity index (χ0n) is 16.6. The van der Waals surface area contributed by atoms with Gasteiger partial charge in [0.1, 0.15) is 5.75 Å². The summed E-state index contributed by atoms with van der Waals surface area (Å²) in [6, 6.07) is 11.1. The molecule has 0 unspecified atom stereocenters. The highest BCUT2D eigenvalue weighted by Crippen LogP contribution is 2.34. The third-order valence-electron chi connectivity index (χ3n) is 4.14. The van der Waals surface area contributed by atoms with Gasteiger partial charge in [-0.05, 0) is 66.4 Å². The minimum Gasteiger partial charge on any atom is -0.494 e. The van der Waals surface area contributed by atoms with E-state index in [4.69, 9.17) is 14.2 Å². The van der Waals surface area contributed by atoms with Crippen LogP contribution in [0.5, 0.6) is 17.2 Å². The molecule has 0 amide bonds. The number of ketones is 1. The number of hydrogen-bond donors (Lipinski definition) is 0. The Labute approximate surface area is 161 Å². The second-order valence-corrected chi connectivity index (χ2v) is 6.24. The van der Waals surface area contributed by atoms with Crippen LogP contribution in [0, 0.1) is 0 Å². The predicted octanol–water partition coefficient (Wildman–Crippen LogP) is 5.34. The fourth-order valence-corrected chi connectivity index (χ4v) is 2.82. The van der Waals surface area contributed by atoms with Crippen molar-refractivity contribution in [3.63, 3.8) is 0 Å². The van der Waals surface area contributed by atoms with Gasteiger partial charge in [-0.1, -0.05) is 26.3 Å². The number of rotatable bonds is 10. The molecule has 0 heterocycles. The average molecular weight is 368 g/mol. The number of carbonyl (C=O) groups excluding carboxylic acids is 1. The molecule has 144 valence electrons. The highest BCUT2D eigenvalue weighted by molar-refractivity contribution is 6.06. The van der Waals surface area contributed by atoms with E-state index in [9.17, 15) is 4.79 Å². The lowest BCUT2D eigenvalue weighted by atomic mass is 10.0. The third kappa shape index (κ3) is 5.61. The number of benzene rings is 2. The Balaban J connectivity index is 2.18. The second kappa shape index (κ2) is 10.4. The molecule has 2 aromatic rings. The van der Waals surface area contributed by atoms with E-state index in [1.165, 1.54) is 0 Å². The van der Waals surface area contributed by atoms with Crippen molar-refractivity contribution in [2.75, 3.05) is 20.8 Å². The number of methoxy groups -OCH3 is 2. The summed E-state index contributed by atoms with van der Waals surface area (Å²) in [6.07, 6.45) is 6.23. The van der Waals surface area contributed by atoms with Crippen LogP contribution in [0.1, 0.15) is 48.2 Å². The van der Waals surface area contributed by atoms with Crippen molar-refractivity contribution >= 4 is 11.9 Å². The topological polar surface area (TPSA) is 44.8 Å². The van der Waals surface area contributed by atoms with Crippen LogP contribution in [-0.2, 0) is 6.42 Å². The summed E-state index contributed by atoms with van der Waals surface area (Å²) in [5, 5.41) is 0. The van der Waals surface area contributed by atoms with Crippen molar-refractivity contribution in [1.29, 1.82) is 0 Å². The summed E-state index contributed by atoms with van der Waals surface area (Å²) in [5.41, 5.74) is 2.61. The van der Waals surface area contributed by atoms with Gasteiger partial charge in [-0.2, -0.15) is 0 Å². The maximum atomic E-state index is 12.4. The number of hydrogen-bond acceptors (Lipinski definition) is 4. The molecule has 4 nitrogen and oxygen atoms in total. The zero-order chi connectivity index (χ0) is 19.6. The molecule has 2 aromatic carbocycles. The maximum absolute atomic E-state index is 12.4. The van der Waals surface area contributed by atoms with Crippen LogP contribution in [0.2, 0.25) is 0 Å². The monoisotopic (exact) mass is 368 g/mol. The quantitative estimate of drug-likeness (QED) is 0.419. The summed E-state index contributed by atoms with van der Waals surface area (Å²) < 4.78 is 16.5.